The molecule has 1 aliphatic carbocycles. The molecule has 0 saturated carbocycles. The Morgan fingerprint density at radius 1 is 1.25 bits per heavy atom. The molecule has 0 aliphatic heterocycles. The first-order chi connectivity index (χ1) is 5.92. The summed E-state index contributed by atoms with van der Waals surface area (Å²) in [7, 11) is 0. The Bertz CT molecular complexity index is 385. The largest absolute Gasteiger partial charge is 0.361 e. The van der Waals surface area contributed by atoms with Crippen molar-refractivity contribution >= 4 is 5.71 Å². The first-order valence-electron chi connectivity index (χ1n) is 3.88. The fourth-order valence-corrected chi connectivity index (χ4v) is 1.42. The van der Waals surface area contributed by atoms with E-state index in [0.717, 1.165) is 12.0 Å². The highest BCUT2D eigenvalue weighted by molar-refractivity contribution is 6.06. The van der Waals surface area contributed by atoms with E-state index in [-0.39, 0.29) is 0 Å². The van der Waals surface area contributed by atoms with E-state index in [1.807, 2.05) is 36.4 Å². The van der Waals surface area contributed by atoms with Crippen LogP contribution in [-0.4, -0.2) is 10.5 Å². The van der Waals surface area contributed by atoms with E-state index in [1.54, 1.807) is 0 Å². The van der Waals surface area contributed by atoms with Crippen LogP contribution in [0.15, 0.2) is 36.4 Å². The molecule has 0 unspecified atom stereocenters. The van der Waals surface area contributed by atoms with Gasteiger partial charge in [0.15, 0.2) is 0 Å². The van der Waals surface area contributed by atoms with Gasteiger partial charge < -0.3 is 5.53 Å². The molecule has 1 aliphatic rings. The molecule has 0 atom stereocenters. The highest BCUT2D eigenvalue weighted by atomic mass is 14.9. The van der Waals surface area contributed by atoms with Gasteiger partial charge in [-0.05, 0) is 18.1 Å². The third-order valence-corrected chi connectivity index (χ3v) is 2.01. The number of rotatable bonds is 0. The maximum Gasteiger partial charge on any atom is 0.322 e. The predicted molar refractivity (Wildman–Crippen MR) is 47.0 cm³/mol. The van der Waals surface area contributed by atoms with Crippen LogP contribution in [0.5, 0.6) is 0 Å². The molecule has 2 rings (SSSR count). The molecule has 0 aromatic heterocycles. The van der Waals surface area contributed by atoms with Crippen molar-refractivity contribution in [2.75, 3.05) is 0 Å². The van der Waals surface area contributed by atoms with Crippen molar-refractivity contribution in [3.63, 3.8) is 0 Å². The van der Waals surface area contributed by atoms with Crippen molar-refractivity contribution in [1.82, 2.24) is 0 Å². The van der Waals surface area contributed by atoms with Crippen LogP contribution in [0, 0.1) is 0 Å². The van der Waals surface area contributed by atoms with Crippen LogP contribution in [0.3, 0.4) is 0 Å². The molecule has 2 heteroatoms. The van der Waals surface area contributed by atoms with Crippen LogP contribution in [0.25, 0.3) is 5.53 Å². The van der Waals surface area contributed by atoms with E-state index >= 15 is 0 Å². The molecule has 0 amide bonds. The number of fused-ring (bicyclic) bond motifs is 1. The van der Waals surface area contributed by atoms with Gasteiger partial charge in [-0.1, -0.05) is 24.3 Å². The summed E-state index contributed by atoms with van der Waals surface area (Å²) in [6, 6.07) is 7.95. The zero-order valence-electron chi connectivity index (χ0n) is 6.57. The number of benzene rings is 1. The smallest absolute Gasteiger partial charge is 0.322 e. The normalized spacial score (nSPS) is 13.8. The van der Waals surface area contributed by atoms with E-state index in [1.165, 1.54) is 5.56 Å². The summed E-state index contributed by atoms with van der Waals surface area (Å²) in [5.74, 6) is 0. The van der Waals surface area contributed by atoms with Crippen LogP contribution in [0.4, 0.5) is 0 Å². The zero-order chi connectivity index (χ0) is 8.39. The van der Waals surface area contributed by atoms with Gasteiger partial charge in [0, 0.05) is 6.08 Å². The summed E-state index contributed by atoms with van der Waals surface area (Å²) < 4.78 is 0. The monoisotopic (exact) mass is 156 g/mol. The average Bonchev–Trinajstić information content (AvgIpc) is 2.17. The minimum absolute atomic E-state index is 0.650. The van der Waals surface area contributed by atoms with Crippen molar-refractivity contribution in [1.29, 1.82) is 0 Å². The zero-order valence-corrected chi connectivity index (χ0v) is 6.57. The molecule has 0 fully saturated rings. The van der Waals surface area contributed by atoms with Gasteiger partial charge >= 0.3 is 5.71 Å². The first-order valence-corrected chi connectivity index (χ1v) is 3.88. The topological polar surface area (TPSA) is 36.4 Å². The second kappa shape index (κ2) is 2.76. The molecule has 0 heterocycles. The maximum absolute atomic E-state index is 8.67. The Balaban J connectivity index is 2.65. The van der Waals surface area contributed by atoms with Gasteiger partial charge in [0.1, 0.15) is 0 Å². The van der Waals surface area contributed by atoms with Crippen molar-refractivity contribution < 1.29 is 4.79 Å². The van der Waals surface area contributed by atoms with Gasteiger partial charge in [-0.15, -0.1) is 0 Å². The van der Waals surface area contributed by atoms with E-state index in [9.17, 15) is 0 Å². The van der Waals surface area contributed by atoms with Crippen LogP contribution in [0.1, 0.15) is 11.1 Å². The third-order valence-electron chi connectivity index (χ3n) is 2.01. The van der Waals surface area contributed by atoms with Gasteiger partial charge in [0.25, 0.3) is 0 Å². The van der Waals surface area contributed by atoms with Gasteiger partial charge in [0.2, 0.25) is 0 Å². The van der Waals surface area contributed by atoms with Crippen molar-refractivity contribution in [2.24, 2.45) is 0 Å². The Hall–Kier alpha value is -1.66. The van der Waals surface area contributed by atoms with Crippen LogP contribution >= 0.6 is 0 Å². The van der Waals surface area contributed by atoms with Gasteiger partial charge in [-0.3, -0.25) is 0 Å². The quantitative estimate of drug-likeness (QED) is 0.406. The summed E-state index contributed by atoms with van der Waals surface area (Å²) in [5, 5.41) is 0. The molecule has 1 aromatic carbocycles. The second-order valence-corrected chi connectivity index (χ2v) is 2.75. The van der Waals surface area contributed by atoms with Crippen molar-refractivity contribution in [3.05, 3.63) is 53.1 Å². The molecular weight excluding hydrogens is 148 g/mol. The molecule has 2 nitrogen and oxygen atoms in total. The third kappa shape index (κ3) is 0.987. The van der Waals surface area contributed by atoms with Gasteiger partial charge in [-0.25, -0.2) is 0 Å². The number of hydrogen-bond acceptors (Lipinski definition) is 0. The second-order valence-electron chi connectivity index (χ2n) is 2.75. The highest BCUT2D eigenvalue weighted by Gasteiger charge is 2.15. The van der Waals surface area contributed by atoms with E-state index in [4.69, 9.17) is 5.53 Å². The molecule has 1 aromatic rings. The Kier molecular flexibility index (Phi) is 1.61. The Labute approximate surface area is 70.8 Å². The molecule has 12 heavy (non-hydrogen) atoms. The summed E-state index contributed by atoms with van der Waals surface area (Å²) >= 11 is 0. The average molecular weight is 156 g/mol. The maximum atomic E-state index is 8.67. The minimum Gasteiger partial charge on any atom is -0.361 e. The summed E-state index contributed by atoms with van der Waals surface area (Å²) in [6.07, 6.45) is 4.76. The number of nitrogens with zero attached hydrogens (tertiary/aromatic N) is 2. The van der Waals surface area contributed by atoms with Crippen LogP contribution in [0.2, 0.25) is 0 Å². The van der Waals surface area contributed by atoms with Crippen LogP contribution in [-0.2, 0) is 6.42 Å². The lowest BCUT2D eigenvalue weighted by Gasteiger charge is -2.04. The van der Waals surface area contributed by atoms with Gasteiger partial charge in [-0.2, -0.15) is 4.79 Å². The standard InChI is InChI=1S/C10H8N2/c11-12-10-7-3-5-8-4-1-2-6-9(8)10/h1-4,6-7H,5H2. The van der Waals surface area contributed by atoms with E-state index in [0.29, 0.717) is 5.71 Å². The predicted octanol–water partition coefficient (Wildman–Crippen LogP) is 1.82. The molecule has 0 spiro atoms. The summed E-state index contributed by atoms with van der Waals surface area (Å²) in [4.78, 5) is 3.22. The van der Waals surface area contributed by atoms with Crippen molar-refractivity contribution in [2.45, 2.75) is 6.42 Å². The molecule has 0 radical (unpaired) electrons. The molecular formula is C10H8N2. The molecule has 0 bridgehead atoms. The van der Waals surface area contributed by atoms with E-state index < -0.39 is 0 Å². The lowest BCUT2D eigenvalue weighted by molar-refractivity contribution is -0.00232. The number of allylic oxidation sites excluding steroid dienone is 2. The number of hydrogen-bond donors (Lipinski definition) is 0. The van der Waals surface area contributed by atoms with Gasteiger partial charge in [0.05, 0.1) is 5.56 Å². The first kappa shape index (κ1) is 7.01. The van der Waals surface area contributed by atoms with Crippen LogP contribution < -0.4 is 0 Å². The fraction of sp³-hybridized carbons (Fsp3) is 0.100. The lowest BCUT2D eigenvalue weighted by atomic mass is 9.96. The minimum atomic E-state index is 0.650. The SMILES string of the molecule is [N-]=[N+]=C1C=CCc2ccccc21. The molecule has 0 N–H and O–H groups in total. The van der Waals surface area contributed by atoms with E-state index in [2.05, 4.69) is 4.79 Å². The Morgan fingerprint density at radius 3 is 2.92 bits per heavy atom. The molecule has 58 valence electrons. The fourth-order valence-electron chi connectivity index (χ4n) is 1.42. The Morgan fingerprint density at radius 2 is 2.08 bits per heavy atom. The lowest BCUT2D eigenvalue weighted by Crippen LogP contribution is -2.06. The highest BCUT2D eigenvalue weighted by Crippen LogP contribution is 2.14. The summed E-state index contributed by atoms with van der Waals surface area (Å²) in [6.45, 7) is 0. The summed E-state index contributed by atoms with van der Waals surface area (Å²) in [5.41, 5.74) is 11.6. The molecule has 0 saturated heterocycles. The van der Waals surface area contributed by atoms with Crippen molar-refractivity contribution in [3.8, 4) is 0 Å².